The van der Waals surface area contributed by atoms with Gasteiger partial charge in [-0.15, -0.1) is 0 Å². The molecule has 0 bridgehead atoms. The lowest BCUT2D eigenvalue weighted by Crippen LogP contribution is -2.44. The van der Waals surface area contributed by atoms with E-state index in [-0.39, 0.29) is 13.2 Å². The van der Waals surface area contributed by atoms with E-state index in [0.717, 1.165) is 31.9 Å². The zero-order valence-corrected chi connectivity index (χ0v) is 11.0. The summed E-state index contributed by atoms with van der Waals surface area (Å²) in [6, 6.07) is 5.69. The third-order valence-corrected chi connectivity index (χ3v) is 3.51. The van der Waals surface area contributed by atoms with Crippen LogP contribution < -0.4 is 4.90 Å². The Hall–Kier alpha value is -1.06. The van der Waals surface area contributed by atoms with E-state index in [0.29, 0.717) is 10.6 Å². The molecule has 1 fully saturated rings. The summed E-state index contributed by atoms with van der Waals surface area (Å²) in [5, 5.41) is 0.550. The summed E-state index contributed by atoms with van der Waals surface area (Å²) in [4.78, 5) is 15.9. The van der Waals surface area contributed by atoms with Crippen LogP contribution in [-0.2, 0) is 0 Å². The maximum absolute atomic E-state index is 11.3. The average molecular weight is 269 g/mol. The van der Waals surface area contributed by atoms with Gasteiger partial charge in [-0.1, -0.05) is 19.0 Å². The van der Waals surface area contributed by atoms with Gasteiger partial charge in [0.1, 0.15) is 0 Å². The second kappa shape index (κ2) is 6.21. The maximum Gasteiger partial charge on any atom is 0.161 e. The molecule has 100 valence electrons. The third kappa shape index (κ3) is 3.24. The molecule has 18 heavy (non-hydrogen) atoms. The monoisotopic (exact) mass is 268 g/mol. The van der Waals surface area contributed by atoms with Gasteiger partial charge in [-0.25, -0.2) is 0 Å². The summed E-state index contributed by atoms with van der Waals surface area (Å²) in [7, 11) is 2.13. The quantitative estimate of drug-likeness (QED) is 0.771. The van der Waals surface area contributed by atoms with Crippen molar-refractivity contribution in [2.75, 3.05) is 38.1 Å². The fourth-order valence-electron chi connectivity index (χ4n) is 2.05. The number of piperazine rings is 1. The highest BCUT2D eigenvalue weighted by atomic mass is 35.5. The first kappa shape index (κ1) is 15.0. The zero-order chi connectivity index (χ0) is 12.4. The van der Waals surface area contributed by atoms with Crippen molar-refractivity contribution in [3.8, 4) is 0 Å². The highest BCUT2D eigenvalue weighted by Crippen LogP contribution is 2.24. The number of benzene rings is 1. The molecule has 0 aliphatic carbocycles. The number of nitrogens with zero attached hydrogens (tertiary/aromatic N) is 2. The van der Waals surface area contributed by atoms with Gasteiger partial charge in [0.2, 0.25) is 0 Å². The summed E-state index contributed by atoms with van der Waals surface area (Å²) in [5.41, 5.74) is 1.71. The SMILES string of the molecule is C.CC(=O)c1ccc(N2CCN(C)CC2)cc1Cl. The van der Waals surface area contributed by atoms with Crippen LogP contribution in [0.1, 0.15) is 24.7 Å². The lowest BCUT2D eigenvalue weighted by Gasteiger charge is -2.34. The summed E-state index contributed by atoms with van der Waals surface area (Å²) in [6.45, 7) is 5.67. The molecule has 1 aromatic carbocycles. The molecule has 0 radical (unpaired) electrons. The van der Waals surface area contributed by atoms with E-state index in [1.54, 1.807) is 0 Å². The van der Waals surface area contributed by atoms with E-state index in [1.165, 1.54) is 6.92 Å². The van der Waals surface area contributed by atoms with Gasteiger partial charge >= 0.3 is 0 Å². The van der Waals surface area contributed by atoms with Crippen LogP contribution in [0, 0.1) is 0 Å². The Morgan fingerprint density at radius 2 is 1.83 bits per heavy atom. The molecule has 1 heterocycles. The van der Waals surface area contributed by atoms with Crippen LogP contribution in [0.3, 0.4) is 0 Å². The van der Waals surface area contributed by atoms with Crippen molar-refractivity contribution in [1.82, 2.24) is 4.90 Å². The number of hydrogen-bond donors (Lipinski definition) is 0. The van der Waals surface area contributed by atoms with E-state index in [1.807, 2.05) is 18.2 Å². The van der Waals surface area contributed by atoms with Gasteiger partial charge < -0.3 is 9.80 Å². The molecule has 3 nitrogen and oxygen atoms in total. The summed E-state index contributed by atoms with van der Waals surface area (Å²) >= 11 is 6.11. The van der Waals surface area contributed by atoms with Gasteiger partial charge in [-0.3, -0.25) is 4.79 Å². The molecular formula is C14H21ClN2O. The molecule has 0 atom stereocenters. The number of halogens is 1. The van der Waals surface area contributed by atoms with Crippen LogP contribution in [0.5, 0.6) is 0 Å². The second-order valence-electron chi connectivity index (χ2n) is 4.51. The molecule has 1 aliphatic heterocycles. The van der Waals surface area contributed by atoms with Crippen LogP contribution in [0.2, 0.25) is 5.02 Å². The van der Waals surface area contributed by atoms with Crippen LogP contribution in [0.4, 0.5) is 5.69 Å². The first-order valence-electron chi connectivity index (χ1n) is 5.82. The van der Waals surface area contributed by atoms with E-state index in [9.17, 15) is 4.79 Å². The smallest absolute Gasteiger partial charge is 0.161 e. The maximum atomic E-state index is 11.3. The average Bonchev–Trinajstić information content (AvgIpc) is 2.29. The molecule has 0 aromatic heterocycles. The van der Waals surface area contributed by atoms with E-state index < -0.39 is 0 Å². The van der Waals surface area contributed by atoms with Crippen molar-refractivity contribution in [3.05, 3.63) is 28.8 Å². The summed E-state index contributed by atoms with van der Waals surface area (Å²) in [6.07, 6.45) is 0. The van der Waals surface area contributed by atoms with Crippen LogP contribution >= 0.6 is 11.6 Å². The zero-order valence-electron chi connectivity index (χ0n) is 10.2. The van der Waals surface area contributed by atoms with E-state index in [4.69, 9.17) is 11.6 Å². The van der Waals surface area contributed by atoms with Crippen LogP contribution in [-0.4, -0.2) is 43.9 Å². The lowest BCUT2D eigenvalue weighted by atomic mass is 10.1. The predicted octanol–water partition coefficient (Wildman–Crippen LogP) is 2.93. The standard InChI is InChI=1S/C13H17ClN2O.CH4/c1-10(17)12-4-3-11(9-13(12)14)16-7-5-15(2)6-8-16;/h3-4,9H,5-8H2,1-2H3;1H4. The van der Waals surface area contributed by atoms with Crippen molar-refractivity contribution in [1.29, 1.82) is 0 Å². The normalized spacial score (nSPS) is 16.3. The molecule has 1 saturated heterocycles. The van der Waals surface area contributed by atoms with Gasteiger partial charge in [0, 0.05) is 37.4 Å². The largest absolute Gasteiger partial charge is 0.369 e. The van der Waals surface area contributed by atoms with Crippen molar-refractivity contribution < 1.29 is 4.79 Å². The topological polar surface area (TPSA) is 23.6 Å². The van der Waals surface area contributed by atoms with Gasteiger partial charge in [0.05, 0.1) is 5.02 Å². The Morgan fingerprint density at radius 1 is 1.22 bits per heavy atom. The molecule has 1 aromatic rings. The van der Waals surface area contributed by atoms with Gasteiger partial charge in [-0.2, -0.15) is 0 Å². The van der Waals surface area contributed by atoms with E-state index >= 15 is 0 Å². The van der Waals surface area contributed by atoms with Crippen molar-refractivity contribution in [2.24, 2.45) is 0 Å². The minimum Gasteiger partial charge on any atom is -0.369 e. The minimum absolute atomic E-state index is 0. The van der Waals surface area contributed by atoms with Crippen LogP contribution in [0.25, 0.3) is 0 Å². The molecule has 0 N–H and O–H groups in total. The number of anilines is 1. The Morgan fingerprint density at radius 3 is 2.33 bits per heavy atom. The Labute approximate surface area is 114 Å². The number of rotatable bonds is 2. The first-order chi connectivity index (χ1) is 8.08. The lowest BCUT2D eigenvalue weighted by molar-refractivity contribution is 0.101. The Bertz CT molecular complexity index is 426. The molecule has 2 rings (SSSR count). The van der Waals surface area contributed by atoms with E-state index in [2.05, 4.69) is 16.8 Å². The molecule has 0 amide bonds. The fraction of sp³-hybridized carbons (Fsp3) is 0.500. The molecular weight excluding hydrogens is 248 g/mol. The third-order valence-electron chi connectivity index (χ3n) is 3.20. The van der Waals surface area contributed by atoms with Crippen molar-refractivity contribution in [3.63, 3.8) is 0 Å². The Kier molecular flexibility index (Phi) is 5.17. The number of Topliss-reactive ketones (excluding diaryl/α,β-unsaturated/α-hetero) is 1. The minimum atomic E-state index is 0. The molecule has 0 unspecified atom stereocenters. The fourth-order valence-corrected chi connectivity index (χ4v) is 2.36. The number of carbonyl (C=O) groups excluding carboxylic acids is 1. The summed E-state index contributed by atoms with van der Waals surface area (Å²) < 4.78 is 0. The van der Waals surface area contributed by atoms with Gasteiger partial charge in [0.15, 0.2) is 5.78 Å². The van der Waals surface area contributed by atoms with Crippen molar-refractivity contribution in [2.45, 2.75) is 14.4 Å². The molecule has 4 heteroatoms. The number of likely N-dealkylation sites (N-methyl/N-ethyl adjacent to an activating group) is 1. The highest BCUT2D eigenvalue weighted by Gasteiger charge is 2.15. The highest BCUT2D eigenvalue weighted by molar-refractivity contribution is 6.34. The Balaban J connectivity index is 0.00000162. The van der Waals surface area contributed by atoms with Crippen LogP contribution in [0.15, 0.2) is 18.2 Å². The molecule has 0 saturated carbocycles. The van der Waals surface area contributed by atoms with Gasteiger partial charge in [0.25, 0.3) is 0 Å². The second-order valence-corrected chi connectivity index (χ2v) is 4.92. The number of hydrogen-bond acceptors (Lipinski definition) is 3. The predicted molar refractivity (Wildman–Crippen MR) is 77.9 cm³/mol. The van der Waals surface area contributed by atoms with Gasteiger partial charge in [-0.05, 0) is 32.2 Å². The summed E-state index contributed by atoms with van der Waals surface area (Å²) in [5.74, 6) is 0.0138. The molecule has 1 aliphatic rings. The number of ketones is 1. The molecule has 0 spiro atoms. The number of carbonyl (C=O) groups is 1. The first-order valence-corrected chi connectivity index (χ1v) is 6.19. The van der Waals surface area contributed by atoms with Crippen molar-refractivity contribution >= 4 is 23.1 Å².